The molecular weight excluding hydrogens is 385 g/mol. The Balaban J connectivity index is 1.98. The van der Waals surface area contributed by atoms with E-state index in [1.165, 1.54) is 13.3 Å². The van der Waals surface area contributed by atoms with Gasteiger partial charge >= 0.3 is 5.97 Å². The number of nitrogens with one attached hydrogen (secondary N) is 2. The number of carbonyl (C=O) groups excluding carboxylic acids is 1. The second-order valence-electron chi connectivity index (χ2n) is 7.48. The molecule has 1 unspecified atom stereocenters. The molecule has 0 spiro atoms. The van der Waals surface area contributed by atoms with E-state index in [9.17, 15) is 9.18 Å². The van der Waals surface area contributed by atoms with Crippen molar-refractivity contribution in [2.45, 2.75) is 33.2 Å². The molecule has 0 saturated carbocycles. The van der Waals surface area contributed by atoms with Crippen molar-refractivity contribution in [1.82, 2.24) is 19.9 Å². The van der Waals surface area contributed by atoms with E-state index in [2.05, 4.69) is 25.3 Å². The summed E-state index contributed by atoms with van der Waals surface area (Å²) in [4.78, 5) is 27.4. The number of hydrogen-bond acceptors (Lipinski definition) is 6. The highest BCUT2D eigenvalue weighted by Gasteiger charge is 2.28. The molecule has 0 aliphatic heterocycles. The lowest BCUT2D eigenvalue weighted by atomic mass is 9.84. The average molecular weight is 406 g/mol. The maximum Gasteiger partial charge on any atom is 0.307 e. The van der Waals surface area contributed by atoms with Gasteiger partial charge in [-0.3, -0.25) is 9.78 Å². The molecule has 148 valence electrons. The SMILES string of the molecule is COC(=O)CC(Nc1cc(-c2c[nH]c3ncc(Cl)nc23)ncc1F)C(C)(C)C. The van der Waals surface area contributed by atoms with E-state index in [-0.39, 0.29) is 34.7 Å². The fraction of sp³-hybridized carbons (Fsp3) is 0.368. The molecule has 28 heavy (non-hydrogen) atoms. The van der Waals surface area contributed by atoms with Gasteiger partial charge in [-0.1, -0.05) is 32.4 Å². The molecule has 0 fully saturated rings. The topological polar surface area (TPSA) is 92.8 Å². The molecule has 2 N–H and O–H groups in total. The van der Waals surface area contributed by atoms with E-state index < -0.39 is 5.82 Å². The number of fused-ring (bicyclic) bond motifs is 1. The first kappa shape index (κ1) is 20.0. The molecule has 0 radical (unpaired) electrons. The van der Waals surface area contributed by atoms with Crippen LogP contribution in [-0.4, -0.2) is 39.1 Å². The number of rotatable bonds is 5. The van der Waals surface area contributed by atoms with Gasteiger partial charge in [-0.05, 0) is 11.5 Å². The zero-order chi connectivity index (χ0) is 20.5. The summed E-state index contributed by atoms with van der Waals surface area (Å²) >= 11 is 5.95. The number of nitrogens with zero attached hydrogens (tertiary/aromatic N) is 3. The van der Waals surface area contributed by atoms with Crippen LogP contribution in [-0.2, 0) is 9.53 Å². The first-order chi connectivity index (χ1) is 13.2. The highest BCUT2D eigenvalue weighted by molar-refractivity contribution is 6.29. The Kier molecular flexibility index (Phi) is 5.51. The predicted molar refractivity (Wildman–Crippen MR) is 106 cm³/mol. The average Bonchev–Trinajstić information content (AvgIpc) is 3.04. The van der Waals surface area contributed by atoms with Gasteiger partial charge in [0.05, 0.1) is 37.3 Å². The fourth-order valence-electron chi connectivity index (χ4n) is 2.77. The van der Waals surface area contributed by atoms with Crippen molar-refractivity contribution >= 4 is 34.4 Å². The second kappa shape index (κ2) is 7.71. The van der Waals surface area contributed by atoms with Crippen LogP contribution in [0.25, 0.3) is 22.4 Å². The number of hydrogen-bond donors (Lipinski definition) is 2. The predicted octanol–water partition coefficient (Wildman–Crippen LogP) is 4.20. The van der Waals surface area contributed by atoms with Crippen molar-refractivity contribution in [2.24, 2.45) is 5.41 Å². The first-order valence-electron chi connectivity index (χ1n) is 8.68. The summed E-state index contributed by atoms with van der Waals surface area (Å²) in [5.74, 6) is -0.893. The normalized spacial score (nSPS) is 12.8. The standard InChI is InChI=1S/C19H21ClFN5O2/c1-19(2,3)14(6-16(27)28-4)25-13-5-12(22-8-11(13)21)10-7-23-18-17(10)26-15(20)9-24-18/h5,7-9,14H,6H2,1-4H3,(H,22,25)(H,23,24). The highest BCUT2D eigenvalue weighted by atomic mass is 35.5. The number of halogens is 2. The van der Waals surface area contributed by atoms with E-state index in [1.807, 2.05) is 20.8 Å². The van der Waals surface area contributed by atoms with Crippen LogP contribution in [0.2, 0.25) is 5.15 Å². The monoisotopic (exact) mass is 405 g/mol. The molecule has 0 bridgehead atoms. The van der Waals surface area contributed by atoms with Gasteiger partial charge < -0.3 is 15.0 Å². The van der Waals surface area contributed by atoms with Gasteiger partial charge in [-0.15, -0.1) is 0 Å². The Bertz CT molecular complexity index is 1020. The summed E-state index contributed by atoms with van der Waals surface area (Å²) in [7, 11) is 1.33. The van der Waals surface area contributed by atoms with Gasteiger partial charge in [0.1, 0.15) is 10.7 Å². The fourth-order valence-corrected chi connectivity index (χ4v) is 2.91. The Morgan fingerprint density at radius 2 is 2.11 bits per heavy atom. The molecule has 0 aliphatic rings. The van der Waals surface area contributed by atoms with Crippen molar-refractivity contribution in [2.75, 3.05) is 12.4 Å². The third-order valence-corrected chi connectivity index (χ3v) is 4.64. The maximum absolute atomic E-state index is 14.5. The number of H-pyrrole nitrogens is 1. The van der Waals surface area contributed by atoms with Crippen molar-refractivity contribution < 1.29 is 13.9 Å². The second-order valence-corrected chi connectivity index (χ2v) is 7.87. The van der Waals surface area contributed by atoms with Crippen LogP contribution in [0.4, 0.5) is 10.1 Å². The van der Waals surface area contributed by atoms with E-state index in [1.54, 1.807) is 12.3 Å². The van der Waals surface area contributed by atoms with Crippen LogP contribution in [0.1, 0.15) is 27.2 Å². The summed E-state index contributed by atoms with van der Waals surface area (Å²) in [5, 5.41) is 3.38. The van der Waals surface area contributed by atoms with Gasteiger partial charge in [0.25, 0.3) is 0 Å². The minimum absolute atomic E-state index is 0.102. The highest BCUT2D eigenvalue weighted by Crippen LogP contribution is 2.31. The van der Waals surface area contributed by atoms with E-state index in [0.717, 1.165) is 6.20 Å². The van der Waals surface area contributed by atoms with Crippen LogP contribution >= 0.6 is 11.6 Å². The largest absolute Gasteiger partial charge is 0.469 e. The number of anilines is 1. The number of methoxy groups -OCH3 is 1. The van der Waals surface area contributed by atoms with Gasteiger partial charge in [-0.2, -0.15) is 0 Å². The molecule has 3 aromatic rings. The van der Waals surface area contributed by atoms with Crippen LogP contribution in [0.3, 0.4) is 0 Å². The van der Waals surface area contributed by atoms with Crippen LogP contribution in [0.5, 0.6) is 0 Å². The first-order valence-corrected chi connectivity index (χ1v) is 9.05. The molecule has 1 atom stereocenters. The number of aromatic nitrogens is 4. The van der Waals surface area contributed by atoms with E-state index in [4.69, 9.17) is 16.3 Å². The van der Waals surface area contributed by atoms with Crippen molar-refractivity contribution in [3.8, 4) is 11.3 Å². The number of pyridine rings is 1. The molecule has 3 aromatic heterocycles. The third-order valence-electron chi connectivity index (χ3n) is 4.46. The number of aromatic amines is 1. The summed E-state index contributed by atoms with van der Waals surface area (Å²) in [6.45, 7) is 5.89. The molecule has 7 nitrogen and oxygen atoms in total. The number of ether oxygens (including phenoxy) is 1. The molecule has 0 aliphatic carbocycles. The van der Waals surface area contributed by atoms with Gasteiger partial charge in [0.2, 0.25) is 0 Å². The van der Waals surface area contributed by atoms with Crippen molar-refractivity contribution in [3.05, 3.63) is 35.6 Å². The minimum Gasteiger partial charge on any atom is -0.469 e. The van der Waals surface area contributed by atoms with Crippen LogP contribution in [0, 0.1) is 11.2 Å². The number of carbonyl (C=O) groups is 1. The molecule has 9 heteroatoms. The zero-order valence-electron chi connectivity index (χ0n) is 16.0. The molecule has 0 saturated heterocycles. The molecule has 0 aromatic carbocycles. The lowest BCUT2D eigenvalue weighted by molar-refractivity contribution is -0.141. The lowest BCUT2D eigenvalue weighted by Crippen LogP contribution is -2.36. The Morgan fingerprint density at radius 1 is 1.36 bits per heavy atom. The lowest BCUT2D eigenvalue weighted by Gasteiger charge is -2.31. The van der Waals surface area contributed by atoms with Gasteiger partial charge in [0.15, 0.2) is 11.5 Å². The van der Waals surface area contributed by atoms with Crippen molar-refractivity contribution in [1.29, 1.82) is 0 Å². The summed E-state index contributed by atoms with van der Waals surface area (Å²) in [6, 6.07) is 1.23. The van der Waals surface area contributed by atoms with Crippen LogP contribution < -0.4 is 5.32 Å². The summed E-state index contributed by atoms with van der Waals surface area (Å²) < 4.78 is 19.2. The maximum atomic E-state index is 14.5. The van der Waals surface area contributed by atoms with Gasteiger partial charge in [0, 0.05) is 17.8 Å². The molecule has 0 amide bonds. The Labute approximate surface area is 166 Å². The third kappa shape index (κ3) is 4.22. The quantitative estimate of drug-likeness (QED) is 0.618. The molecule has 3 rings (SSSR count). The smallest absolute Gasteiger partial charge is 0.307 e. The van der Waals surface area contributed by atoms with E-state index in [0.29, 0.717) is 22.4 Å². The van der Waals surface area contributed by atoms with Crippen molar-refractivity contribution in [3.63, 3.8) is 0 Å². The van der Waals surface area contributed by atoms with Crippen LogP contribution in [0.15, 0.2) is 24.7 Å². The van der Waals surface area contributed by atoms with E-state index >= 15 is 0 Å². The number of esters is 1. The Morgan fingerprint density at radius 3 is 2.79 bits per heavy atom. The zero-order valence-corrected chi connectivity index (χ0v) is 16.8. The molecular formula is C19H21ClFN5O2. The minimum atomic E-state index is -0.521. The van der Waals surface area contributed by atoms with Gasteiger partial charge in [-0.25, -0.2) is 14.4 Å². The summed E-state index contributed by atoms with van der Waals surface area (Å²) in [5.41, 5.74) is 2.16. The molecule has 3 heterocycles. The summed E-state index contributed by atoms with van der Waals surface area (Å²) in [6.07, 6.45) is 4.37. The Hall–Kier alpha value is -2.74.